The lowest BCUT2D eigenvalue weighted by molar-refractivity contribution is -0.0594. The van der Waals surface area contributed by atoms with E-state index in [9.17, 15) is 8.42 Å². The van der Waals surface area contributed by atoms with Gasteiger partial charge in [-0.25, -0.2) is 8.42 Å². The Labute approximate surface area is 136 Å². The molecule has 0 atom stereocenters. The van der Waals surface area contributed by atoms with Gasteiger partial charge in [-0.3, -0.25) is 0 Å². The molecular weight excluding hydrogens is 298 g/mol. The van der Waals surface area contributed by atoms with Gasteiger partial charge >= 0.3 is 0 Å². The fraction of sp³-hybridized carbons (Fsp3) is 1.00. The average Bonchev–Trinajstić information content (AvgIpc) is 2.49. The van der Waals surface area contributed by atoms with E-state index in [-0.39, 0.29) is 11.0 Å². The average molecular weight is 332 g/mol. The van der Waals surface area contributed by atoms with Crippen LogP contribution in [0.4, 0.5) is 0 Å². The maximum Gasteiger partial charge on any atom is 0.153 e. The highest BCUT2D eigenvalue weighted by Gasteiger charge is 2.26. The highest BCUT2D eigenvalue weighted by molar-refractivity contribution is 7.92. The molecule has 2 fully saturated rings. The summed E-state index contributed by atoms with van der Waals surface area (Å²) in [5.41, 5.74) is 0. The number of sulfone groups is 1. The van der Waals surface area contributed by atoms with Gasteiger partial charge in [0.05, 0.1) is 23.2 Å². The molecule has 0 radical (unpaired) electrons. The standard InChI is InChI=1S/C17H33NO3S/c1-14(2)22(19,20)13-12-18-10-8-17(9-11-18)21-16-6-4-15(3)5-7-16/h14-17H,4-13H2,1-3H3. The summed E-state index contributed by atoms with van der Waals surface area (Å²) in [5.74, 6) is 1.15. The number of nitrogens with zero attached hydrogens (tertiary/aromatic N) is 1. The van der Waals surface area contributed by atoms with E-state index in [1.54, 1.807) is 13.8 Å². The largest absolute Gasteiger partial charge is 0.375 e. The molecule has 1 heterocycles. The molecule has 4 nitrogen and oxygen atoms in total. The molecule has 0 aromatic rings. The first-order chi connectivity index (χ1) is 10.4. The van der Waals surface area contributed by atoms with E-state index in [1.165, 1.54) is 25.7 Å². The minimum atomic E-state index is -2.91. The monoisotopic (exact) mass is 331 g/mol. The Morgan fingerprint density at radius 2 is 1.55 bits per heavy atom. The molecule has 1 aliphatic heterocycles. The molecule has 0 aromatic heterocycles. The summed E-state index contributed by atoms with van der Waals surface area (Å²) in [6, 6.07) is 0. The van der Waals surface area contributed by atoms with Crippen molar-refractivity contribution >= 4 is 9.84 Å². The first-order valence-corrected chi connectivity index (χ1v) is 10.7. The zero-order valence-electron chi connectivity index (χ0n) is 14.5. The van der Waals surface area contributed by atoms with Gasteiger partial charge in [0.25, 0.3) is 0 Å². The summed E-state index contributed by atoms with van der Waals surface area (Å²) >= 11 is 0. The van der Waals surface area contributed by atoms with Crippen LogP contribution >= 0.6 is 0 Å². The second kappa shape index (κ2) is 8.11. The summed E-state index contributed by atoms with van der Waals surface area (Å²) < 4.78 is 30.0. The molecule has 22 heavy (non-hydrogen) atoms. The molecule has 0 bridgehead atoms. The maximum atomic E-state index is 11.9. The van der Waals surface area contributed by atoms with Crippen LogP contribution in [-0.2, 0) is 14.6 Å². The van der Waals surface area contributed by atoms with Crippen molar-refractivity contribution in [1.29, 1.82) is 0 Å². The number of rotatable bonds is 6. The van der Waals surface area contributed by atoms with Crippen LogP contribution in [0, 0.1) is 5.92 Å². The summed E-state index contributed by atoms with van der Waals surface area (Å²) in [4.78, 5) is 2.28. The Hall–Kier alpha value is -0.130. The van der Waals surface area contributed by atoms with E-state index in [4.69, 9.17) is 4.74 Å². The van der Waals surface area contributed by atoms with Crippen LogP contribution in [0.25, 0.3) is 0 Å². The van der Waals surface area contributed by atoms with Crippen LogP contribution in [0.2, 0.25) is 0 Å². The van der Waals surface area contributed by atoms with Gasteiger partial charge in [0.15, 0.2) is 9.84 Å². The minimum absolute atomic E-state index is 0.262. The predicted octanol–water partition coefficient (Wildman–Crippen LogP) is 2.87. The van der Waals surface area contributed by atoms with Crippen molar-refractivity contribution in [3.05, 3.63) is 0 Å². The summed E-state index contributed by atoms with van der Waals surface area (Å²) in [5, 5.41) is -0.262. The SMILES string of the molecule is CC1CCC(OC2CCN(CCS(=O)(=O)C(C)C)CC2)CC1. The van der Waals surface area contributed by atoms with Crippen LogP contribution in [-0.4, -0.2) is 56.2 Å². The number of ether oxygens (including phenoxy) is 1. The molecule has 0 aromatic carbocycles. The number of hydrogen-bond donors (Lipinski definition) is 0. The molecule has 0 amide bonds. The van der Waals surface area contributed by atoms with E-state index < -0.39 is 9.84 Å². The van der Waals surface area contributed by atoms with Crippen molar-refractivity contribution < 1.29 is 13.2 Å². The third kappa shape index (κ3) is 5.50. The van der Waals surface area contributed by atoms with Crippen molar-refractivity contribution in [1.82, 2.24) is 4.90 Å². The Morgan fingerprint density at radius 3 is 2.09 bits per heavy atom. The summed E-state index contributed by atoms with van der Waals surface area (Å²) in [7, 11) is -2.91. The Kier molecular flexibility index (Phi) is 6.72. The molecular formula is C17H33NO3S. The maximum absolute atomic E-state index is 11.9. The second-order valence-corrected chi connectivity index (χ2v) is 10.2. The zero-order chi connectivity index (χ0) is 16.2. The third-order valence-corrected chi connectivity index (χ3v) is 7.48. The molecule has 0 unspecified atom stereocenters. The quantitative estimate of drug-likeness (QED) is 0.751. The molecule has 2 aliphatic rings. The van der Waals surface area contributed by atoms with Gasteiger partial charge in [-0.05, 0) is 58.3 Å². The molecule has 1 saturated heterocycles. The molecule has 130 valence electrons. The minimum Gasteiger partial charge on any atom is -0.375 e. The summed E-state index contributed by atoms with van der Waals surface area (Å²) in [6.45, 7) is 8.48. The highest BCUT2D eigenvalue weighted by Crippen LogP contribution is 2.28. The van der Waals surface area contributed by atoms with Gasteiger partial charge in [0.1, 0.15) is 0 Å². The lowest BCUT2D eigenvalue weighted by Gasteiger charge is -2.35. The molecule has 1 saturated carbocycles. The van der Waals surface area contributed by atoms with E-state index in [0.717, 1.165) is 31.8 Å². The van der Waals surface area contributed by atoms with Crippen molar-refractivity contribution in [3.63, 3.8) is 0 Å². The predicted molar refractivity (Wildman–Crippen MR) is 90.9 cm³/mol. The molecule has 0 spiro atoms. The van der Waals surface area contributed by atoms with E-state index in [1.807, 2.05) is 0 Å². The first-order valence-electron chi connectivity index (χ1n) is 8.96. The number of piperidine rings is 1. The normalized spacial score (nSPS) is 29.1. The lowest BCUT2D eigenvalue weighted by Crippen LogP contribution is -2.41. The van der Waals surface area contributed by atoms with Gasteiger partial charge in [-0.2, -0.15) is 0 Å². The lowest BCUT2D eigenvalue weighted by atomic mass is 9.88. The fourth-order valence-corrected chi connectivity index (χ4v) is 4.38. The van der Waals surface area contributed by atoms with Gasteiger partial charge in [-0.1, -0.05) is 6.92 Å². The number of hydrogen-bond acceptors (Lipinski definition) is 4. The van der Waals surface area contributed by atoms with Crippen molar-refractivity contribution in [3.8, 4) is 0 Å². The molecule has 2 rings (SSSR count). The Morgan fingerprint density at radius 1 is 1.00 bits per heavy atom. The van der Waals surface area contributed by atoms with Crippen LogP contribution in [0.1, 0.15) is 59.3 Å². The van der Waals surface area contributed by atoms with Gasteiger partial charge in [-0.15, -0.1) is 0 Å². The van der Waals surface area contributed by atoms with E-state index >= 15 is 0 Å². The third-order valence-electron chi connectivity index (χ3n) is 5.29. The highest BCUT2D eigenvalue weighted by atomic mass is 32.2. The summed E-state index contributed by atoms with van der Waals surface area (Å²) in [6.07, 6.45) is 7.99. The van der Waals surface area contributed by atoms with Crippen LogP contribution in [0.3, 0.4) is 0 Å². The first kappa shape index (κ1) is 18.2. The molecule has 1 aliphatic carbocycles. The van der Waals surface area contributed by atoms with E-state index in [0.29, 0.717) is 18.8 Å². The smallest absolute Gasteiger partial charge is 0.153 e. The van der Waals surface area contributed by atoms with Crippen LogP contribution in [0.5, 0.6) is 0 Å². The number of likely N-dealkylation sites (tertiary alicyclic amines) is 1. The zero-order valence-corrected chi connectivity index (χ0v) is 15.3. The molecule has 5 heteroatoms. The Bertz CT molecular complexity index is 419. The van der Waals surface area contributed by atoms with Gasteiger partial charge < -0.3 is 9.64 Å². The Balaban J connectivity index is 1.65. The van der Waals surface area contributed by atoms with Crippen molar-refractivity contribution in [2.75, 3.05) is 25.4 Å². The van der Waals surface area contributed by atoms with Crippen LogP contribution < -0.4 is 0 Å². The second-order valence-electron chi connectivity index (χ2n) is 7.47. The molecule has 0 N–H and O–H groups in total. The topological polar surface area (TPSA) is 46.6 Å². The van der Waals surface area contributed by atoms with Crippen molar-refractivity contribution in [2.45, 2.75) is 76.8 Å². The fourth-order valence-electron chi connectivity index (χ4n) is 3.40. The van der Waals surface area contributed by atoms with Crippen LogP contribution in [0.15, 0.2) is 0 Å². The van der Waals surface area contributed by atoms with Crippen molar-refractivity contribution in [2.24, 2.45) is 5.92 Å². The van der Waals surface area contributed by atoms with E-state index in [2.05, 4.69) is 11.8 Å². The van der Waals surface area contributed by atoms with Gasteiger partial charge in [0.2, 0.25) is 0 Å². The van der Waals surface area contributed by atoms with Gasteiger partial charge in [0, 0.05) is 19.6 Å².